The Morgan fingerprint density at radius 1 is 1.12 bits per heavy atom. The van der Waals surface area contributed by atoms with Gasteiger partial charge in [-0.2, -0.15) is 0 Å². The highest BCUT2D eigenvalue weighted by molar-refractivity contribution is 9.10. The number of hydrogen-bond acceptors (Lipinski definition) is 3. The number of para-hydroxylation sites is 1. The SMILES string of the molecule is CCN(C)C(=O)c1ccccc1OCC(=O)Nc1ccc(Br)cc1. The highest BCUT2D eigenvalue weighted by atomic mass is 79.9. The number of benzene rings is 2. The van der Waals surface area contributed by atoms with E-state index in [1.807, 2.05) is 19.1 Å². The number of halogens is 1. The zero-order valence-electron chi connectivity index (χ0n) is 13.6. The zero-order chi connectivity index (χ0) is 17.5. The van der Waals surface area contributed by atoms with Gasteiger partial charge in [-0.1, -0.05) is 28.1 Å². The van der Waals surface area contributed by atoms with Gasteiger partial charge in [0, 0.05) is 23.8 Å². The number of hydrogen-bond donors (Lipinski definition) is 1. The molecule has 0 aliphatic carbocycles. The lowest BCUT2D eigenvalue weighted by atomic mass is 10.2. The summed E-state index contributed by atoms with van der Waals surface area (Å²) in [5, 5.41) is 2.74. The van der Waals surface area contributed by atoms with E-state index in [1.54, 1.807) is 48.3 Å². The van der Waals surface area contributed by atoms with Crippen LogP contribution in [-0.2, 0) is 4.79 Å². The average Bonchev–Trinajstić information content (AvgIpc) is 2.61. The van der Waals surface area contributed by atoms with Gasteiger partial charge in [-0.05, 0) is 43.3 Å². The van der Waals surface area contributed by atoms with Gasteiger partial charge in [-0.15, -0.1) is 0 Å². The summed E-state index contributed by atoms with van der Waals surface area (Å²) in [6, 6.07) is 14.2. The highest BCUT2D eigenvalue weighted by Crippen LogP contribution is 2.20. The summed E-state index contributed by atoms with van der Waals surface area (Å²) in [4.78, 5) is 25.9. The predicted molar refractivity (Wildman–Crippen MR) is 97.3 cm³/mol. The molecule has 24 heavy (non-hydrogen) atoms. The number of rotatable bonds is 6. The molecule has 0 aliphatic heterocycles. The van der Waals surface area contributed by atoms with Crippen LogP contribution in [0.1, 0.15) is 17.3 Å². The first-order valence-corrected chi connectivity index (χ1v) is 8.33. The molecular weight excluding hydrogens is 372 g/mol. The average molecular weight is 391 g/mol. The molecule has 0 saturated carbocycles. The number of ether oxygens (including phenoxy) is 1. The van der Waals surface area contributed by atoms with Gasteiger partial charge < -0.3 is 15.0 Å². The van der Waals surface area contributed by atoms with Crippen LogP contribution >= 0.6 is 15.9 Å². The molecule has 0 aliphatic rings. The second-order valence-electron chi connectivity index (χ2n) is 5.16. The van der Waals surface area contributed by atoms with Crippen LogP contribution in [0.15, 0.2) is 53.0 Å². The van der Waals surface area contributed by atoms with E-state index in [4.69, 9.17) is 4.74 Å². The maximum Gasteiger partial charge on any atom is 0.262 e. The van der Waals surface area contributed by atoms with Crippen LogP contribution in [0.25, 0.3) is 0 Å². The van der Waals surface area contributed by atoms with Crippen molar-refractivity contribution in [3.05, 3.63) is 58.6 Å². The van der Waals surface area contributed by atoms with Gasteiger partial charge in [0.05, 0.1) is 5.56 Å². The number of carbonyl (C=O) groups excluding carboxylic acids is 2. The molecule has 5 nitrogen and oxygen atoms in total. The molecule has 2 aromatic carbocycles. The summed E-state index contributed by atoms with van der Waals surface area (Å²) in [6.07, 6.45) is 0. The molecule has 0 bridgehead atoms. The monoisotopic (exact) mass is 390 g/mol. The first-order valence-electron chi connectivity index (χ1n) is 7.54. The maximum atomic E-state index is 12.3. The smallest absolute Gasteiger partial charge is 0.262 e. The number of carbonyl (C=O) groups is 2. The van der Waals surface area contributed by atoms with Crippen LogP contribution in [0.3, 0.4) is 0 Å². The Labute approximate surface area is 149 Å². The van der Waals surface area contributed by atoms with Crippen molar-refractivity contribution in [3.8, 4) is 5.75 Å². The van der Waals surface area contributed by atoms with Crippen LogP contribution < -0.4 is 10.1 Å². The van der Waals surface area contributed by atoms with Gasteiger partial charge in [0.15, 0.2) is 6.61 Å². The molecule has 6 heteroatoms. The van der Waals surface area contributed by atoms with E-state index in [0.717, 1.165) is 4.47 Å². The van der Waals surface area contributed by atoms with Crippen LogP contribution in [0.2, 0.25) is 0 Å². The third-order valence-corrected chi connectivity index (χ3v) is 3.95. The number of anilines is 1. The second kappa shape index (κ2) is 8.49. The van der Waals surface area contributed by atoms with Gasteiger partial charge in [0.2, 0.25) is 0 Å². The van der Waals surface area contributed by atoms with Crippen molar-refractivity contribution in [1.82, 2.24) is 4.90 Å². The minimum absolute atomic E-state index is 0.138. The van der Waals surface area contributed by atoms with E-state index in [9.17, 15) is 9.59 Å². The molecule has 0 fully saturated rings. The Hall–Kier alpha value is -2.34. The van der Waals surface area contributed by atoms with E-state index in [-0.39, 0.29) is 18.4 Å². The summed E-state index contributed by atoms with van der Waals surface area (Å²) < 4.78 is 6.48. The summed E-state index contributed by atoms with van der Waals surface area (Å²) in [5.41, 5.74) is 1.13. The molecule has 0 radical (unpaired) electrons. The molecule has 0 saturated heterocycles. The maximum absolute atomic E-state index is 12.3. The van der Waals surface area contributed by atoms with Crippen molar-refractivity contribution in [1.29, 1.82) is 0 Å². The van der Waals surface area contributed by atoms with Crippen LogP contribution in [0, 0.1) is 0 Å². The third kappa shape index (κ3) is 4.83. The van der Waals surface area contributed by atoms with E-state index >= 15 is 0 Å². The normalized spacial score (nSPS) is 10.1. The van der Waals surface area contributed by atoms with Gasteiger partial charge in [0.1, 0.15) is 5.75 Å². The van der Waals surface area contributed by atoms with E-state index in [0.29, 0.717) is 23.5 Å². The molecule has 0 unspecified atom stereocenters. The summed E-state index contributed by atoms with van der Waals surface area (Å²) in [6.45, 7) is 2.32. The fraction of sp³-hybridized carbons (Fsp3) is 0.222. The van der Waals surface area contributed by atoms with Crippen molar-refractivity contribution in [2.24, 2.45) is 0 Å². The zero-order valence-corrected chi connectivity index (χ0v) is 15.2. The predicted octanol–water partition coefficient (Wildman–Crippen LogP) is 3.56. The van der Waals surface area contributed by atoms with Crippen LogP contribution in [0.4, 0.5) is 5.69 Å². The standard InChI is InChI=1S/C18H19BrN2O3/c1-3-21(2)18(23)15-6-4-5-7-16(15)24-12-17(22)20-14-10-8-13(19)9-11-14/h4-11H,3,12H2,1-2H3,(H,20,22). The van der Waals surface area contributed by atoms with E-state index < -0.39 is 0 Å². The molecule has 2 amide bonds. The lowest BCUT2D eigenvalue weighted by Crippen LogP contribution is -2.27. The topological polar surface area (TPSA) is 58.6 Å². The summed E-state index contributed by atoms with van der Waals surface area (Å²) in [7, 11) is 1.72. The van der Waals surface area contributed by atoms with Crippen molar-refractivity contribution >= 4 is 33.4 Å². The third-order valence-electron chi connectivity index (χ3n) is 3.43. The Balaban J connectivity index is 2.00. The Morgan fingerprint density at radius 3 is 2.46 bits per heavy atom. The molecule has 2 rings (SSSR count). The van der Waals surface area contributed by atoms with Crippen molar-refractivity contribution < 1.29 is 14.3 Å². The Morgan fingerprint density at radius 2 is 1.79 bits per heavy atom. The first-order chi connectivity index (χ1) is 11.5. The van der Waals surface area contributed by atoms with E-state index in [2.05, 4.69) is 21.2 Å². The van der Waals surface area contributed by atoms with Gasteiger partial charge in [-0.3, -0.25) is 9.59 Å². The molecule has 0 atom stereocenters. The number of amides is 2. The minimum atomic E-state index is -0.288. The molecule has 0 aromatic heterocycles. The van der Waals surface area contributed by atoms with Crippen LogP contribution in [-0.4, -0.2) is 36.9 Å². The van der Waals surface area contributed by atoms with Crippen molar-refractivity contribution in [2.75, 3.05) is 25.5 Å². The second-order valence-corrected chi connectivity index (χ2v) is 6.07. The summed E-state index contributed by atoms with van der Waals surface area (Å²) in [5.74, 6) is -0.0291. The molecule has 126 valence electrons. The van der Waals surface area contributed by atoms with Gasteiger partial charge in [-0.25, -0.2) is 0 Å². The molecule has 2 aromatic rings. The minimum Gasteiger partial charge on any atom is -0.483 e. The quantitative estimate of drug-likeness (QED) is 0.819. The Bertz CT molecular complexity index is 716. The Kier molecular flexibility index (Phi) is 6.37. The molecular formula is C18H19BrN2O3. The fourth-order valence-electron chi connectivity index (χ4n) is 1.99. The molecule has 1 N–H and O–H groups in total. The largest absolute Gasteiger partial charge is 0.483 e. The van der Waals surface area contributed by atoms with Crippen molar-refractivity contribution in [2.45, 2.75) is 6.92 Å². The molecule has 0 spiro atoms. The number of nitrogens with one attached hydrogen (secondary N) is 1. The fourth-order valence-corrected chi connectivity index (χ4v) is 2.26. The molecule has 0 heterocycles. The van der Waals surface area contributed by atoms with Gasteiger partial charge >= 0.3 is 0 Å². The summed E-state index contributed by atoms with van der Waals surface area (Å²) >= 11 is 3.34. The lowest BCUT2D eigenvalue weighted by Gasteiger charge is -2.17. The number of nitrogens with zero attached hydrogens (tertiary/aromatic N) is 1. The van der Waals surface area contributed by atoms with Crippen LogP contribution in [0.5, 0.6) is 5.75 Å². The van der Waals surface area contributed by atoms with Gasteiger partial charge in [0.25, 0.3) is 11.8 Å². The lowest BCUT2D eigenvalue weighted by molar-refractivity contribution is -0.118. The highest BCUT2D eigenvalue weighted by Gasteiger charge is 2.16. The first kappa shape index (κ1) is 18.0. The van der Waals surface area contributed by atoms with E-state index in [1.165, 1.54) is 0 Å². The van der Waals surface area contributed by atoms with Crippen molar-refractivity contribution in [3.63, 3.8) is 0 Å².